The number of carbonyl (C=O) groups is 1. The van der Waals surface area contributed by atoms with Crippen LogP contribution in [0.1, 0.15) is 71.6 Å². The van der Waals surface area contributed by atoms with Gasteiger partial charge in [-0.15, -0.1) is 0 Å². The lowest BCUT2D eigenvalue weighted by atomic mass is 9.85. The van der Waals surface area contributed by atoms with Crippen LogP contribution in [0.3, 0.4) is 0 Å². The second kappa shape index (κ2) is 7.44. The van der Waals surface area contributed by atoms with E-state index in [1.165, 1.54) is 25.7 Å². The van der Waals surface area contributed by atoms with Crippen molar-refractivity contribution < 1.29 is 4.79 Å². The molecule has 116 valence electrons. The van der Waals surface area contributed by atoms with Gasteiger partial charge in [0.25, 0.3) is 0 Å². The first kappa shape index (κ1) is 15.8. The van der Waals surface area contributed by atoms with E-state index >= 15 is 0 Å². The topological polar surface area (TPSA) is 46.3 Å². The van der Waals surface area contributed by atoms with Gasteiger partial charge in [0.15, 0.2) is 0 Å². The SMILES string of the molecule is CC(C)CCN(C(=O)C1CCC(N)CC1)C1CCCC1. The van der Waals surface area contributed by atoms with Crippen molar-refractivity contribution in [2.45, 2.75) is 83.7 Å². The van der Waals surface area contributed by atoms with E-state index in [1.807, 2.05) is 0 Å². The summed E-state index contributed by atoms with van der Waals surface area (Å²) in [5.41, 5.74) is 5.97. The van der Waals surface area contributed by atoms with Gasteiger partial charge in [-0.1, -0.05) is 26.7 Å². The standard InChI is InChI=1S/C17H32N2O/c1-13(2)11-12-19(16-5-3-4-6-16)17(20)14-7-9-15(18)10-8-14/h13-16H,3-12,18H2,1-2H3. The van der Waals surface area contributed by atoms with Crippen molar-refractivity contribution in [1.82, 2.24) is 4.90 Å². The van der Waals surface area contributed by atoms with Gasteiger partial charge in [0, 0.05) is 24.5 Å². The fourth-order valence-electron chi connectivity index (χ4n) is 3.69. The molecule has 0 atom stereocenters. The van der Waals surface area contributed by atoms with E-state index < -0.39 is 0 Å². The molecule has 0 aliphatic heterocycles. The van der Waals surface area contributed by atoms with Crippen molar-refractivity contribution in [3.63, 3.8) is 0 Å². The molecule has 0 radical (unpaired) electrons. The molecule has 2 rings (SSSR count). The van der Waals surface area contributed by atoms with Gasteiger partial charge in [0.05, 0.1) is 0 Å². The van der Waals surface area contributed by atoms with E-state index in [-0.39, 0.29) is 5.92 Å². The summed E-state index contributed by atoms with van der Waals surface area (Å²) in [7, 11) is 0. The number of hydrogen-bond donors (Lipinski definition) is 1. The molecule has 0 heterocycles. The van der Waals surface area contributed by atoms with Crippen LogP contribution in [0.15, 0.2) is 0 Å². The molecule has 0 bridgehead atoms. The Morgan fingerprint density at radius 3 is 2.25 bits per heavy atom. The maximum absolute atomic E-state index is 12.9. The van der Waals surface area contributed by atoms with E-state index in [0.29, 0.717) is 23.9 Å². The van der Waals surface area contributed by atoms with Gasteiger partial charge < -0.3 is 10.6 Å². The first-order valence-electron chi connectivity index (χ1n) is 8.64. The van der Waals surface area contributed by atoms with Crippen LogP contribution in [0, 0.1) is 11.8 Å². The van der Waals surface area contributed by atoms with E-state index in [9.17, 15) is 4.79 Å². The highest BCUT2D eigenvalue weighted by atomic mass is 16.2. The number of nitrogens with two attached hydrogens (primary N) is 1. The molecule has 0 aromatic carbocycles. The fraction of sp³-hybridized carbons (Fsp3) is 0.941. The van der Waals surface area contributed by atoms with E-state index in [4.69, 9.17) is 5.73 Å². The van der Waals surface area contributed by atoms with Crippen molar-refractivity contribution in [2.24, 2.45) is 17.6 Å². The summed E-state index contributed by atoms with van der Waals surface area (Å²) in [5, 5.41) is 0. The molecule has 2 aliphatic rings. The Labute approximate surface area is 124 Å². The van der Waals surface area contributed by atoms with Gasteiger partial charge in [-0.25, -0.2) is 0 Å². The zero-order valence-electron chi connectivity index (χ0n) is 13.3. The molecule has 0 spiro atoms. The van der Waals surface area contributed by atoms with Crippen LogP contribution >= 0.6 is 0 Å². The molecule has 2 aliphatic carbocycles. The summed E-state index contributed by atoms with van der Waals surface area (Å²) in [6, 6.07) is 0.853. The minimum atomic E-state index is 0.252. The van der Waals surface area contributed by atoms with E-state index in [1.54, 1.807) is 0 Å². The Morgan fingerprint density at radius 1 is 1.10 bits per heavy atom. The average Bonchev–Trinajstić information content (AvgIpc) is 2.93. The molecule has 3 heteroatoms. The number of carbonyl (C=O) groups excluding carboxylic acids is 1. The van der Waals surface area contributed by atoms with Crippen molar-refractivity contribution in [1.29, 1.82) is 0 Å². The van der Waals surface area contributed by atoms with Gasteiger partial charge in [0.2, 0.25) is 5.91 Å². The number of rotatable bonds is 5. The highest BCUT2D eigenvalue weighted by Gasteiger charge is 2.32. The monoisotopic (exact) mass is 280 g/mol. The Kier molecular flexibility index (Phi) is 5.88. The maximum Gasteiger partial charge on any atom is 0.225 e. The molecule has 0 unspecified atom stereocenters. The van der Waals surface area contributed by atoms with Crippen molar-refractivity contribution in [3.05, 3.63) is 0 Å². The lowest BCUT2D eigenvalue weighted by Crippen LogP contribution is -2.45. The summed E-state index contributed by atoms with van der Waals surface area (Å²) < 4.78 is 0. The third kappa shape index (κ3) is 4.21. The summed E-state index contributed by atoms with van der Waals surface area (Å²) in [5.74, 6) is 1.36. The Hall–Kier alpha value is -0.570. The van der Waals surface area contributed by atoms with Crippen LogP contribution in [0.25, 0.3) is 0 Å². The molecule has 0 aromatic rings. The second-order valence-electron chi connectivity index (χ2n) is 7.26. The molecule has 1 amide bonds. The summed E-state index contributed by atoms with van der Waals surface area (Å²) in [6.07, 6.45) is 10.2. The molecule has 2 N–H and O–H groups in total. The smallest absolute Gasteiger partial charge is 0.225 e. The number of hydrogen-bond acceptors (Lipinski definition) is 2. The maximum atomic E-state index is 12.9. The quantitative estimate of drug-likeness (QED) is 0.839. The number of amides is 1. The lowest BCUT2D eigenvalue weighted by molar-refractivity contribution is -0.139. The summed E-state index contributed by atoms with van der Waals surface area (Å²) in [6.45, 7) is 5.46. The fourth-order valence-corrected chi connectivity index (χ4v) is 3.69. The van der Waals surface area contributed by atoms with Gasteiger partial charge >= 0.3 is 0 Å². The Balaban J connectivity index is 1.95. The molecule has 2 saturated carbocycles. The highest BCUT2D eigenvalue weighted by molar-refractivity contribution is 5.79. The number of nitrogens with zero attached hydrogens (tertiary/aromatic N) is 1. The van der Waals surface area contributed by atoms with Gasteiger partial charge in [-0.05, 0) is 50.9 Å². The normalized spacial score (nSPS) is 28.0. The van der Waals surface area contributed by atoms with Crippen molar-refractivity contribution in [3.8, 4) is 0 Å². The average molecular weight is 280 g/mol. The third-order valence-corrected chi connectivity index (χ3v) is 5.12. The van der Waals surface area contributed by atoms with Gasteiger partial charge in [-0.3, -0.25) is 4.79 Å². The lowest BCUT2D eigenvalue weighted by Gasteiger charge is -2.35. The highest BCUT2D eigenvalue weighted by Crippen LogP contribution is 2.30. The molecule has 20 heavy (non-hydrogen) atoms. The van der Waals surface area contributed by atoms with E-state index in [2.05, 4.69) is 18.7 Å². The van der Waals surface area contributed by atoms with Crippen molar-refractivity contribution >= 4 is 5.91 Å². The first-order chi connectivity index (χ1) is 9.58. The summed E-state index contributed by atoms with van der Waals surface area (Å²) >= 11 is 0. The molecule has 2 fully saturated rings. The van der Waals surface area contributed by atoms with Gasteiger partial charge in [0.1, 0.15) is 0 Å². The molecular weight excluding hydrogens is 248 g/mol. The van der Waals surface area contributed by atoms with Crippen LogP contribution in [-0.2, 0) is 4.79 Å². The molecular formula is C17H32N2O. The predicted molar refractivity (Wildman–Crippen MR) is 83.4 cm³/mol. The van der Waals surface area contributed by atoms with Crippen LogP contribution in [-0.4, -0.2) is 29.4 Å². The predicted octanol–water partition coefficient (Wildman–Crippen LogP) is 3.32. The Morgan fingerprint density at radius 2 is 1.70 bits per heavy atom. The first-order valence-corrected chi connectivity index (χ1v) is 8.64. The largest absolute Gasteiger partial charge is 0.339 e. The minimum absolute atomic E-state index is 0.252. The molecule has 0 saturated heterocycles. The minimum Gasteiger partial charge on any atom is -0.339 e. The van der Waals surface area contributed by atoms with Crippen LogP contribution in [0.2, 0.25) is 0 Å². The third-order valence-electron chi connectivity index (χ3n) is 5.12. The van der Waals surface area contributed by atoms with Crippen molar-refractivity contribution in [2.75, 3.05) is 6.54 Å². The van der Waals surface area contributed by atoms with Crippen LogP contribution in [0.4, 0.5) is 0 Å². The van der Waals surface area contributed by atoms with Crippen LogP contribution in [0.5, 0.6) is 0 Å². The molecule has 0 aromatic heterocycles. The molecule has 3 nitrogen and oxygen atoms in total. The van der Waals surface area contributed by atoms with E-state index in [0.717, 1.165) is 38.6 Å². The second-order valence-corrected chi connectivity index (χ2v) is 7.26. The van der Waals surface area contributed by atoms with Gasteiger partial charge in [-0.2, -0.15) is 0 Å². The zero-order chi connectivity index (χ0) is 14.5. The Bertz CT molecular complexity index is 302. The summed E-state index contributed by atoms with van der Waals surface area (Å²) in [4.78, 5) is 15.1. The van der Waals surface area contributed by atoms with Crippen LogP contribution < -0.4 is 5.73 Å². The zero-order valence-corrected chi connectivity index (χ0v) is 13.3.